The zero-order valence-corrected chi connectivity index (χ0v) is 16.3. The van der Waals surface area contributed by atoms with Crippen LogP contribution >= 0.6 is 0 Å². The minimum absolute atomic E-state index is 0.0177. The Balaban J connectivity index is 1.87. The van der Waals surface area contributed by atoms with Gasteiger partial charge in [0.15, 0.2) is 9.84 Å². The van der Waals surface area contributed by atoms with Gasteiger partial charge in [0.2, 0.25) is 11.8 Å². The number of rotatable bonds is 9. The average molecular weight is 406 g/mol. The summed E-state index contributed by atoms with van der Waals surface area (Å²) in [7, 11) is -3.57. The van der Waals surface area contributed by atoms with Crippen molar-refractivity contribution in [1.82, 2.24) is 5.32 Å². The molecule has 0 aliphatic heterocycles. The topological polar surface area (TPSA) is 106 Å². The van der Waals surface area contributed by atoms with Crippen LogP contribution < -0.4 is 11.1 Å². The quantitative estimate of drug-likeness (QED) is 0.662. The lowest BCUT2D eigenvalue weighted by atomic mass is 9.98. The molecule has 1 unspecified atom stereocenters. The van der Waals surface area contributed by atoms with E-state index in [1.807, 2.05) is 6.92 Å². The van der Waals surface area contributed by atoms with Crippen LogP contribution in [0.3, 0.4) is 0 Å². The highest BCUT2D eigenvalue weighted by Crippen LogP contribution is 2.13. The zero-order chi connectivity index (χ0) is 20.7. The van der Waals surface area contributed by atoms with E-state index in [0.29, 0.717) is 5.56 Å². The van der Waals surface area contributed by atoms with Gasteiger partial charge in [-0.1, -0.05) is 29.8 Å². The normalized spacial score (nSPS) is 12.4. The SMILES string of the molecule is Cc1ccc(S(=O)(=O)CCC(=O)NCC(Cc2ccc(F)cc2)C(N)=O)cc1. The van der Waals surface area contributed by atoms with Gasteiger partial charge >= 0.3 is 0 Å². The highest BCUT2D eigenvalue weighted by Gasteiger charge is 2.19. The van der Waals surface area contributed by atoms with Gasteiger partial charge in [0, 0.05) is 13.0 Å². The van der Waals surface area contributed by atoms with Crippen molar-refractivity contribution in [1.29, 1.82) is 0 Å². The predicted molar refractivity (Wildman–Crippen MR) is 104 cm³/mol. The van der Waals surface area contributed by atoms with E-state index in [1.54, 1.807) is 24.3 Å². The molecular formula is C20H23FN2O4S. The second-order valence-electron chi connectivity index (χ2n) is 6.62. The average Bonchev–Trinajstić information content (AvgIpc) is 2.65. The van der Waals surface area contributed by atoms with Crippen molar-refractivity contribution < 1.29 is 22.4 Å². The van der Waals surface area contributed by atoms with E-state index in [0.717, 1.165) is 5.56 Å². The van der Waals surface area contributed by atoms with E-state index >= 15 is 0 Å². The second-order valence-corrected chi connectivity index (χ2v) is 8.73. The molecule has 1 atom stereocenters. The van der Waals surface area contributed by atoms with Crippen LogP contribution in [0.2, 0.25) is 0 Å². The Morgan fingerprint density at radius 3 is 2.25 bits per heavy atom. The van der Waals surface area contributed by atoms with Gasteiger partial charge in [0.1, 0.15) is 5.82 Å². The van der Waals surface area contributed by atoms with Crippen LogP contribution in [-0.2, 0) is 25.8 Å². The van der Waals surface area contributed by atoms with Crippen molar-refractivity contribution in [2.45, 2.75) is 24.7 Å². The van der Waals surface area contributed by atoms with Gasteiger partial charge in [0.25, 0.3) is 0 Å². The van der Waals surface area contributed by atoms with E-state index in [1.165, 1.54) is 24.3 Å². The van der Waals surface area contributed by atoms with Gasteiger partial charge in [-0.25, -0.2) is 12.8 Å². The molecule has 2 amide bonds. The highest BCUT2D eigenvalue weighted by atomic mass is 32.2. The Morgan fingerprint density at radius 1 is 1.07 bits per heavy atom. The summed E-state index contributed by atoms with van der Waals surface area (Å²) < 4.78 is 37.5. The minimum atomic E-state index is -3.57. The summed E-state index contributed by atoms with van der Waals surface area (Å²) in [5, 5.41) is 2.55. The number of nitrogens with one attached hydrogen (secondary N) is 1. The summed E-state index contributed by atoms with van der Waals surface area (Å²) in [6, 6.07) is 12.1. The number of primary amides is 1. The van der Waals surface area contributed by atoms with Crippen molar-refractivity contribution in [2.75, 3.05) is 12.3 Å². The molecule has 2 aromatic rings. The molecule has 0 spiro atoms. The van der Waals surface area contributed by atoms with Gasteiger partial charge in [-0.15, -0.1) is 0 Å². The van der Waals surface area contributed by atoms with Crippen molar-refractivity contribution in [3.05, 3.63) is 65.5 Å². The van der Waals surface area contributed by atoms with Crippen LogP contribution in [-0.4, -0.2) is 32.5 Å². The Labute approximate surface area is 163 Å². The molecule has 3 N–H and O–H groups in total. The number of amides is 2. The number of hydrogen-bond donors (Lipinski definition) is 2. The number of sulfone groups is 1. The molecule has 0 saturated carbocycles. The zero-order valence-electron chi connectivity index (χ0n) is 15.5. The van der Waals surface area contributed by atoms with Gasteiger partial charge < -0.3 is 11.1 Å². The van der Waals surface area contributed by atoms with Crippen LogP contribution in [0.25, 0.3) is 0 Å². The van der Waals surface area contributed by atoms with Gasteiger partial charge in [-0.05, 0) is 43.2 Å². The number of benzene rings is 2. The fourth-order valence-corrected chi connectivity index (χ4v) is 3.83. The molecule has 0 saturated heterocycles. The molecular weight excluding hydrogens is 383 g/mol. The van der Waals surface area contributed by atoms with Crippen LogP contribution in [0.15, 0.2) is 53.4 Å². The van der Waals surface area contributed by atoms with Gasteiger partial charge in [0.05, 0.1) is 16.6 Å². The molecule has 2 rings (SSSR count). The Bertz CT molecular complexity index is 926. The van der Waals surface area contributed by atoms with Crippen molar-refractivity contribution >= 4 is 21.7 Å². The van der Waals surface area contributed by atoms with Gasteiger partial charge in [-0.3, -0.25) is 9.59 Å². The summed E-state index contributed by atoms with van der Waals surface area (Å²) in [6.07, 6.45) is 0.0236. The van der Waals surface area contributed by atoms with Crippen molar-refractivity contribution in [2.24, 2.45) is 11.7 Å². The summed E-state index contributed by atoms with van der Waals surface area (Å²) >= 11 is 0. The molecule has 0 radical (unpaired) electrons. The van der Waals surface area contributed by atoms with E-state index in [2.05, 4.69) is 5.32 Å². The summed E-state index contributed by atoms with van der Waals surface area (Å²) in [4.78, 5) is 23.8. The molecule has 0 fully saturated rings. The molecule has 0 heterocycles. The summed E-state index contributed by atoms with van der Waals surface area (Å²) in [5.41, 5.74) is 7.02. The number of carbonyl (C=O) groups excluding carboxylic acids is 2. The summed E-state index contributed by atoms with van der Waals surface area (Å²) in [5.74, 6) is -2.48. The Kier molecular flexibility index (Phi) is 7.28. The van der Waals surface area contributed by atoms with E-state index in [4.69, 9.17) is 5.73 Å². The largest absolute Gasteiger partial charge is 0.369 e. The lowest BCUT2D eigenvalue weighted by Gasteiger charge is -2.14. The standard InChI is InChI=1S/C20H23FN2O4S/c1-14-2-8-18(9-3-14)28(26,27)11-10-19(24)23-13-16(20(22)25)12-15-4-6-17(21)7-5-15/h2-9,16H,10-13H2,1H3,(H2,22,25)(H,23,24). The smallest absolute Gasteiger partial charge is 0.222 e. The molecule has 6 nitrogen and oxygen atoms in total. The fraction of sp³-hybridized carbons (Fsp3) is 0.300. The maximum Gasteiger partial charge on any atom is 0.222 e. The Morgan fingerprint density at radius 2 is 1.68 bits per heavy atom. The summed E-state index contributed by atoms with van der Waals surface area (Å²) in [6.45, 7) is 1.83. The fourth-order valence-electron chi connectivity index (χ4n) is 2.59. The first kappa shape index (κ1) is 21.6. The molecule has 0 bridgehead atoms. The highest BCUT2D eigenvalue weighted by molar-refractivity contribution is 7.91. The third kappa shape index (κ3) is 6.45. The van der Waals surface area contributed by atoms with Crippen molar-refractivity contribution in [3.8, 4) is 0 Å². The first-order valence-electron chi connectivity index (χ1n) is 8.77. The number of halogens is 1. The van der Waals surface area contributed by atoms with Crippen LogP contribution in [0, 0.1) is 18.7 Å². The monoisotopic (exact) mass is 406 g/mol. The predicted octanol–water partition coefficient (Wildman–Crippen LogP) is 1.76. The first-order valence-corrected chi connectivity index (χ1v) is 10.4. The molecule has 2 aromatic carbocycles. The van der Waals surface area contributed by atoms with Crippen LogP contribution in [0.5, 0.6) is 0 Å². The number of carbonyl (C=O) groups is 2. The lowest BCUT2D eigenvalue weighted by molar-refractivity contribution is -0.123. The molecule has 28 heavy (non-hydrogen) atoms. The number of aryl methyl sites for hydroxylation is 1. The minimum Gasteiger partial charge on any atom is -0.369 e. The van der Waals surface area contributed by atoms with E-state index < -0.39 is 27.6 Å². The maximum atomic E-state index is 13.0. The van der Waals surface area contributed by atoms with E-state index in [-0.39, 0.29) is 35.9 Å². The third-order valence-electron chi connectivity index (χ3n) is 4.32. The van der Waals surface area contributed by atoms with Crippen LogP contribution in [0.1, 0.15) is 17.5 Å². The molecule has 150 valence electrons. The number of nitrogens with two attached hydrogens (primary N) is 1. The van der Waals surface area contributed by atoms with Crippen LogP contribution in [0.4, 0.5) is 4.39 Å². The van der Waals surface area contributed by atoms with E-state index in [9.17, 15) is 22.4 Å². The van der Waals surface area contributed by atoms with Crippen molar-refractivity contribution in [3.63, 3.8) is 0 Å². The lowest BCUT2D eigenvalue weighted by Crippen LogP contribution is -2.37. The molecule has 0 aliphatic carbocycles. The van der Waals surface area contributed by atoms with Gasteiger partial charge in [-0.2, -0.15) is 0 Å². The second kappa shape index (κ2) is 9.45. The molecule has 0 aliphatic rings. The Hall–Kier alpha value is -2.74. The third-order valence-corrected chi connectivity index (χ3v) is 6.05. The molecule has 8 heteroatoms. The molecule has 0 aromatic heterocycles. The number of hydrogen-bond acceptors (Lipinski definition) is 4. The first-order chi connectivity index (χ1) is 13.2. The maximum absolute atomic E-state index is 13.0.